The molecule has 0 aliphatic carbocycles. The molecule has 0 fully saturated rings. The fraction of sp³-hybridized carbons (Fsp3) is 0.400. The summed E-state index contributed by atoms with van der Waals surface area (Å²) in [5, 5.41) is 0. The number of hydrogen-bond donors (Lipinski definition) is 0. The Labute approximate surface area is 152 Å². The number of halogens is 1. The molecule has 1 aromatic carbocycles. The van der Waals surface area contributed by atoms with Crippen molar-refractivity contribution in [3.8, 4) is 0 Å². The van der Waals surface area contributed by atoms with Gasteiger partial charge >= 0.3 is 5.97 Å². The van der Waals surface area contributed by atoms with Crippen molar-refractivity contribution in [1.29, 1.82) is 0 Å². The van der Waals surface area contributed by atoms with E-state index in [2.05, 4.69) is 16.0 Å². The third kappa shape index (κ3) is 5.02. The van der Waals surface area contributed by atoms with Gasteiger partial charge in [-0.25, -0.2) is 9.37 Å². The average Bonchev–Trinajstić information content (AvgIpc) is 3.16. The second kappa shape index (κ2) is 8.76. The second-order valence-electron chi connectivity index (χ2n) is 6.41. The summed E-state index contributed by atoms with van der Waals surface area (Å²) in [6, 6.07) is 6.14. The van der Waals surface area contributed by atoms with E-state index in [4.69, 9.17) is 9.15 Å². The number of oxazole rings is 1. The quantitative estimate of drug-likeness (QED) is 0.701. The molecule has 6 heteroatoms. The van der Waals surface area contributed by atoms with Gasteiger partial charge < -0.3 is 9.15 Å². The van der Waals surface area contributed by atoms with Gasteiger partial charge in [0.05, 0.1) is 6.20 Å². The molecule has 2 heterocycles. The molecule has 138 valence electrons. The van der Waals surface area contributed by atoms with Crippen molar-refractivity contribution >= 4 is 11.5 Å². The number of carbonyl (C=O) groups excluding carboxylic acids is 1. The highest BCUT2D eigenvalue weighted by Crippen LogP contribution is 2.25. The Kier molecular flexibility index (Phi) is 6.17. The number of esters is 1. The van der Waals surface area contributed by atoms with Gasteiger partial charge in [-0.05, 0) is 43.5 Å². The summed E-state index contributed by atoms with van der Waals surface area (Å²) < 4.78 is 23.9. The van der Waals surface area contributed by atoms with Crippen LogP contribution < -0.4 is 0 Å². The van der Waals surface area contributed by atoms with Crippen molar-refractivity contribution < 1.29 is 18.3 Å². The summed E-state index contributed by atoms with van der Waals surface area (Å²) in [6.45, 7) is 4.11. The van der Waals surface area contributed by atoms with Crippen LogP contribution in [0.3, 0.4) is 0 Å². The number of carbonyl (C=O) groups is 1. The molecule has 0 radical (unpaired) electrons. The van der Waals surface area contributed by atoms with Crippen molar-refractivity contribution in [1.82, 2.24) is 9.88 Å². The minimum atomic E-state index is -0.337. The third-order valence-corrected chi connectivity index (χ3v) is 4.49. The molecule has 3 rings (SSSR count). The molecular formula is C20H23FN2O3. The molecule has 0 saturated carbocycles. The number of hydrogen-bond acceptors (Lipinski definition) is 5. The average molecular weight is 358 g/mol. The zero-order valence-corrected chi connectivity index (χ0v) is 14.9. The summed E-state index contributed by atoms with van der Waals surface area (Å²) in [6.07, 6.45) is 7.57. The molecule has 0 amide bonds. The molecule has 26 heavy (non-hydrogen) atoms. The lowest BCUT2D eigenvalue weighted by Crippen LogP contribution is -2.29. The van der Waals surface area contributed by atoms with Crippen molar-refractivity contribution in [2.24, 2.45) is 0 Å². The van der Waals surface area contributed by atoms with Crippen LogP contribution >= 0.6 is 0 Å². The van der Waals surface area contributed by atoms with Crippen LogP contribution in [0.2, 0.25) is 0 Å². The van der Waals surface area contributed by atoms with Crippen LogP contribution in [-0.2, 0) is 9.53 Å². The maximum absolute atomic E-state index is 13.1. The first-order valence-corrected chi connectivity index (χ1v) is 8.86. The van der Waals surface area contributed by atoms with Crippen LogP contribution in [0, 0.1) is 5.82 Å². The molecule has 1 aliphatic heterocycles. The lowest BCUT2D eigenvalue weighted by molar-refractivity contribution is -0.147. The monoisotopic (exact) mass is 358 g/mol. The largest absolute Gasteiger partial charge is 0.458 e. The van der Waals surface area contributed by atoms with Crippen LogP contribution in [0.25, 0.3) is 5.57 Å². The fourth-order valence-electron chi connectivity index (χ4n) is 3.16. The van der Waals surface area contributed by atoms with Crippen molar-refractivity contribution in [3.63, 3.8) is 0 Å². The zero-order chi connectivity index (χ0) is 18.4. The molecule has 1 unspecified atom stereocenters. The van der Waals surface area contributed by atoms with Gasteiger partial charge in [-0.1, -0.05) is 18.2 Å². The summed E-state index contributed by atoms with van der Waals surface area (Å²) in [5.41, 5.74) is 1.97. The molecule has 1 atom stereocenters. The molecule has 0 N–H and O–H groups in total. The summed E-state index contributed by atoms with van der Waals surface area (Å²) in [4.78, 5) is 17.9. The number of benzene rings is 1. The van der Waals surface area contributed by atoms with E-state index in [-0.39, 0.29) is 17.9 Å². The Hall–Kier alpha value is -2.47. The molecule has 0 spiro atoms. The molecule has 1 aliphatic rings. The number of aromatic nitrogens is 1. The zero-order valence-electron chi connectivity index (χ0n) is 14.9. The molecule has 0 bridgehead atoms. The van der Waals surface area contributed by atoms with Gasteiger partial charge in [0.15, 0.2) is 0 Å². The smallest absolute Gasteiger partial charge is 0.303 e. The topological polar surface area (TPSA) is 55.6 Å². The predicted molar refractivity (Wildman–Crippen MR) is 95.7 cm³/mol. The fourth-order valence-corrected chi connectivity index (χ4v) is 3.16. The van der Waals surface area contributed by atoms with Crippen LogP contribution in [0.15, 0.2) is 47.2 Å². The van der Waals surface area contributed by atoms with E-state index in [9.17, 15) is 9.18 Å². The lowest BCUT2D eigenvalue weighted by Gasteiger charge is -2.26. The summed E-state index contributed by atoms with van der Waals surface area (Å²) in [5.74, 6) is 0.0870. The highest BCUT2D eigenvalue weighted by Gasteiger charge is 2.18. The molecular weight excluding hydrogens is 335 g/mol. The molecule has 1 aromatic heterocycles. The van der Waals surface area contributed by atoms with Crippen molar-refractivity contribution in [2.45, 2.75) is 32.3 Å². The van der Waals surface area contributed by atoms with Gasteiger partial charge in [-0.15, -0.1) is 0 Å². The van der Waals surface area contributed by atoms with E-state index in [1.165, 1.54) is 19.1 Å². The summed E-state index contributed by atoms with van der Waals surface area (Å²) >= 11 is 0. The van der Waals surface area contributed by atoms with E-state index in [0.717, 1.165) is 43.6 Å². The van der Waals surface area contributed by atoms with Crippen LogP contribution in [0.1, 0.15) is 43.7 Å². The first-order chi connectivity index (χ1) is 12.6. The van der Waals surface area contributed by atoms with Crippen molar-refractivity contribution in [2.75, 3.05) is 19.6 Å². The first kappa shape index (κ1) is 18.3. The van der Waals surface area contributed by atoms with Crippen LogP contribution in [0.4, 0.5) is 4.39 Å². The number of rotatable bonds is 7. The van der Waals surface area contributed by atoms with Gasteiger partial charge in [0.2, 0.25) is 5.89 Å². The van der Waals surface area contributed by atoms with Gasteiger partial charge in [0.1, 0.15) is 18.2 Å². The Bertz CT molecular complexity index is 741. The standard InChI is InChI=1S/C20H23FN2O3/c1-15(24)26-19(16-4-6-18(21)7-5-16)3-2-11-23-12-8-17(9-13-23)20-22-10-14-25-20/h4-8,10,14,19H,2-3,9,11-13H2,1H3. The Balaban J connectivity index is 1.50. The van der Waals surface area contributed by atoms with E-state index in [1.54, 1.807) is 24.6 Å². The molecule has 5 nitrogen and oxygen atoms in total. The second-order valence-corrected chi connectivity index (χ2v) is 6.41. The predicted octanol–water partition coefficient (Wildman–Crippen LogP) is 3.99. The minimum Gasteiger partial charge on any atom is -0.458 e. The third-order valence-electron chi connectivity index (χ3n) is 4.49. The Morgan fingerprint density at radius 2 is 2.19 bits per heavy atom. The summed E-state index contributed by atoms with van der Waals surface area (Å²) in [7, 11) is 0. The van der Waals surface area contributed by atoms with E-state index in [1.807, 2.05) is 0 Å². The highest BCUT2D eigenvalue weighted by molar-refractivity contribution is 5.66. The molecule has 0 saturated heterocycles. The Morgan fingerprint density at radius 1 is 1.38 bits per heavy atom. The van der Waals surface area contributed by atoms with Gasteiger partial charge in [0, 0.05) is 25.6 Å². The normalized spacial score (nSPS) is 16.2. The van der Waals surface area contributed by atoms with E-state index in [0.29, 0.717) is 12.3 Å². The minimum absolute atomic E-state index is 0.294. The van der Waals surface area contributed by atoms with Gasteiger partial charge in [-0.3, -0.25) is 9.69 Å². The van der Waals surface area contributed by atoms with E-state index < -0.39 is 0 Å². The number of nitrogens with zero attached hydrogens (tertiary/aromatic N) is 2. The van der Waals surface area contributed by atoms with Crippen LogP contribution in [-0.4, -0.2) is 35.5 Å². The van der Waals surface area contributed by atoms with Crippen molar-refractivity contribution in [3.05, 3.63) is 60.1 Å². The van der Waals surface area contributed by atoms with E-state index >= 15 is 0 Å². The lowest BCUT2D eigenvalue weighted by atomic mass is 10.0. The molecule has 2 aromatic rings. The maximum atomic E-state index is 13.1. The van der Waals surface area contributed by atoms with Gasteiger partial charge in [-0.2, -0.15) is 0 Å². The SMILES string of the molecule is CC(=O)OC(CCCN1CC=C(c2ncco2)CC1)c1ccc(F)cc1. The Morgan fingerprint density at radius 3 is 2.81 bits per heavy atom. The number of ether oxygens (including phenoxy) is 1. The first-order valence-electron chi connectivity index (χ1n) is 8.86. The van der Waals surface area contributed by atoms with Gasteiger partial charge in [0.25, 0.3) is 0 Å². The maximum Gasteiger partial charge on any atom is 0.303 e. The highest BCUT2D eigenvalue weighted by atomic mass is 19.1. The van der Waals surface area contributed by atoms with Crippen LogP contribution in [0.5, 0.6) is 0 Å².